The number of allylic oxidation sites excluding steroid dienone is 8. The zero-order chi connectivity index (χ0) is 10.1. The van der Waals surface area contributed by atoms with Gasteiger partial charge in [0.05, 0.1) is 0 Å². The van der Waals surface area contributed by atoms with Crippen molar-refractivity contribution in [2.75, 3.05) is 0 Å². The van der Waals surface area contributed by atoms with E-state index >= 15 is 0 Å². The third-order valence-electron chi connectivity index (χ3n) is 3.07. The van der Waals surface area contributed by atoms with Crippen LogP contribution in [0.25, 0.3) is 0 Å². The predicted octanol–water partition coefficient (Wildman–Crippen LogP) is 4.35. The van der Waals surface area contributed by atoms with E-state index in [9.17, 15) is 0 Å². The van der Waals surface area contributed by atoms with Gasteiger partial charge in [-0.1, -0.05) is 0 Å². The first-order valence-electron chi connectivity index (χ1n) is 5.11. The van der Waals surface area contributed by atoms with Gasteiger partial charge in [0.1, 0.15) is 0 Å². The molecule has 0 bridgehead atoms. The molecule has 0 fully saturated rings. The van der Waals surface area contributed by atoms with Crippen LogP contribution in [0.2, 0.25) is 0 Å². The maximum atomic E-state index is 4.43. The predicted molar refractivity (Wildman–Crippen MR) is 74.5 cm³/mol. The zero-order valence-corrected chi connectivity index (χ0v) is 12.9. The summed E-state index contributed by atoms with van der Waals surface area (Å²) in [7, 11) is 0. The van der Waals surface area contributed by atoms with Crippen molar-refractivity contribution in [1.82, 2.24) is 0 Å². The summed E-state index contributed by atoms with van der Waals surface area (Å²) in [4.78, 5) is 4.43. The van der Waals surface area contributed by atoms with Gasteiger partial charge in [-0.05, 0) is 0 Å². The Kier molecular flexibility index (Phi) is 6.81. The van der Waals surface area contributed by atoms with Crippen LogP contribution < -0.4 is 0 Å². The third-order valence-corrected chi connectivity index (χ3v) is 6.57. The van der Waals surface area contributed by atoms with E-state index in [1.807, 2.05) is 0 Å². The van der Waals surface area contributed by atoms with Crippen LogP contribution in [0.3, 0.4) is 0 Å². The molecule has 16 heavy (non-hydrogen) atoms. The van der Waals surface area contributed by atoms with Gasteiger partial charge < -0.3 is 0 Å². The first kappa shape index (κ1) is 16.1. The Morgan fingerprint density at radius 1 is 1.19 bits per heavy atom. The number of hydrogen-bond donors (Lipinski definition) is 0. The standard InChI is InChI=1S/C7H9.C5H5.CH2.2ClH.Ti/c1-6-4-3-5-7(6)2;1-2-4-5-3-1;;;;/h4H,5H2,1-2H3;1-3H,4H2;1H2;2*1H;. The Balaban J connectivity index is 0.00000112. The van der Waals surface area contributed by atoms with Crippen LogP contribution in [-0.4, -0.2) is 4.82 Å². The van der Waals surface area contributed by atoms with Crippen molar-refractivity contribution in [2.24, 2.45) is 0 Å². The maximum absolute atomic E-state index is 4.43. The van der Waals surface area contributed by atoms with E-state index in [0.717, 1.165) is 6.42 Å². The molecule has 0 aromatic carbocycles. The van der Waals surface area contributed by atoms with E-state index in [0.29, 0.717) is 0 Å². The average Bonchev–Trinajstić information content (AvgIpc) is 2.76. The van der Waals surface area contributed by atoms with Crippen LogP contribution in [0, 0.1) is 0 Å². The molecule has 0 aromatic rings. The van der Waals surface area contributed by atoms with Crippen molar-refractivity contribution in [2.45, 2.75) is 26.7 Å². The summed E-state index contributed by atoms with van der Waals surface area (Å²) in [5, 5.41) is 0. The fraction of sp³-hybridized carbons (Fsp3) is 0.308. The molecule has 0 atom stereocenters. The molecule has 2 rings (SSSR count). The molecule has 0 saturated carbocycles. The molecule has 0 aliphatic heterocycles. The second-order valence-corrected chi connectivity index (χ2v) is 7.61. The fourth-order valence-electron chi connectivity index (χ4n) is 1.93. The number of halogens is 2. The van der Waals surface area contributed by atoms with Crippen LogP contribution in [0.1, 0.15) is 26.7 Å². The van der Waals surface area contributed by atoms with Gasteiger partial charge in [-0.25, -0.2) is 0 Å². The molecule has 0 nitrogen and oxygen atoms in total. The molecular formula is C13H18Cl2Ti. The summed E-state index contributed by atoms with van der Waals surface area (Å²) in [5.74, 6) is 0. The second-order valence-electron chi connectivity index (χ2n) is 4.11. The van der Waals surface area contributed by atoms with Gasteiger partial charge >= 0.3 is 92.1 Å². The van der Waals surface area contributed by atoms with E-state index in [-0.39, 0.29) is 24.8 Å². The van der Waals surface area contributed by atoms with Crippen molar-refractivity contribution in [3.05, 3.63) is 43.2 Å². The van der Waals surface area contributed by atoms with Crippen molar-refractivity contribution in [3.8, 4) is 0 Å². The van der Waals surface area contributed by atoms with E-state index in [1.54, 1.807) is 13.3 Å². The summed E-state index contributed by atoms with van der Waals surface area (Å²) < 4.78 is 3.27. The molecular weight excluding hydrogens is 275 g/mol. The van der Waals surface area contributed by atoms with Crippen LogP contribution in [0.15, 0.2) is 43.2 Å². The normalized spacial score (nSPS) is 17.6. The summed E-state index contributed by atoms with van der Waals surface area (Å²) >= 11 is -1.30. The van der Waals surface area contributed by atoms with Crippen molar-refractivity contribution >= 4 is 29.6 Å². The number of rotatable bonds is 2. The van der Waals surface area contributed by atoms with Crippen LogP contribution in [0.5, 0.6) is 0 Å². The minimum absolute atomic E-state index is 0. The van der Waals surface area contributed by atoms with Crippen LogP contribution >= 0.6 is 24.8 Å². The Morgan fingerprint density at radius 3 is 2.31 bits per heavy atom. The molecule has 0 amide bonds. The summed E-state index contributed by atoms with van der Waals surface area (Å²) in [6.45, 7) is 4.46. The van der Waals surface area contributed by atoms with Gasteiger partial charge in [0.2, 0.25) is 0 Å². The monoisotopic (exact) mass is 292 g/mol. The quantitative estimate of drug-likeness (QED) is 0.664. The van der Waals surface area contributed by atoms with Gasteiger partial charge in [-0.2, -0.15) is 0 Å². The third kappa shape index (κ3) is 3.31. The molecule has 0 N–H and O–H groups in total. The second kappa shape index (κ2) is 6.76. The molecule has 0 aromatic heterocycles. The van der Waals surface area contributed by atoms with Gasteiger partial charge in [-0.3, -0.25) is 0 Å². The van der Waals surface area contributed by atoms with Gasteiger partial charge in [0, 0.05) is 0 Å². The Labute approximate surface area is 116 Å². The summed E-state index contributed by atoms with van der Waals surface area (Å²) in [6, 6.07) is 0. The summed E-state index contributed by atoms with van der Waals surface area (Å²) in [6.07, 6.45) is 11.4. The molecule has 3 heteroatoms. The Bertz CT molecular complexity index is 412. The number of hydrogen-bond acceptors (Lipinski definition) is 0. The average molecular weight is 293 g/mol. The van der Waals surface area contributed by atoms with Crippen molar-refractivity contribution < 1.29 is 17.4 Å². The molecule has 0 spiro atoms. The molecule has 0 unspecified atom stereocenters. The molecule has 0 saturated heterocycles. The van der Waals surface area contributed by atoms with Crippen LogP contribution in [-0.2, 0) is 17.4 Å². The minimum atomic E-state index is -1.30. The van der Waals surface area contributed by atoms with Crippen molar-refractivity contribution in [3.63, 3.8) is 0 Å². The fourth-order valence-corrected chi connectivity index (χ4v) is 4.97. The van der Waals surface area contributed by atoms with E-state index in [4.69, 9.17) is 0 Å². The van der Waals surface area contributed by atoms with Crippen LogP contribution in [0.4, 0.5) is 0 Å². The molecule has 0 radical (unpaired) electrons. The van der Waals surface area contributed by atoms with E-state index < -0.39 is 17.4 Å². The molecule has 2 aliphatic rings. The van der Waals surface area contributed by atoms with Gasteiger partial charge in [0.25, 0.3) is 0 Å². The Hall–Kier alpha value is 0.124. The van der Waals surface area contributed by atoms with Gasteiger partial charge in [-0.15, -0.1) is 24.8 Å². The topological polar surface area (TPSA) is 0 Å². The molecule has 88 valence electrons. The summed E-state index contributed by atoms with van der Waals surface area (Å²) in [5.41, 5.74) is 3.01. The van der Waals surface area contributed by atoms with Crippen molar-refractivity contribution in [1.29, 1.82) is 0 Å². The first-order chi connectivity index (χ1) is 6.68. The van der Waals surface area contributed by atoms with E-state index in [1.165, 1.54) is 12.0 Å². The molecule has 0 heterocycles. The SMILES string of the molecule is Cl.Cl.[CH2]=[Ti]([C]1=CC=CC1)[C]1=CC(C)=C(C)C1. The Morgan fingerprint density at radius 2 is 1.88 bits per heavy atom. The first-order valence-corrected chi connectivity index (χ1v) is 7.77. The zero-order valence-electron chi connectivity index (χ0n) is 9.75. The molecule has 2 aliphatic carbocycles. The van der Waals surface area contributed by atoms with Gasteiger partial charge in [0.15, 0.2) is 0 Å². The van der Waals surface area contributed by atoms with E-state index in [2.05, 4.69) is 43.0 Å².